The number of benzene rings is 1. The van der Waals surface area contributed by atoms with Crippen molar-refractivity contribution < 1.29 is 0 Å². The van der Waals surface area contributed by atoms with Crippen LogP contribution in [-0.4, -0.2) is 25.0 Å². The van der Waals surface area contributed by atoms with Gasteiger partial charge in [0.25, 0.3) is 0 Å². The van der Waals surface area contributed by atoms with E-state index in [1.54, 1.807) is 0 Å². The minimum absolute atomic E-state index is 0.440. The van der Waals surface area contributed by atoms with Crippen LogP contribution in [0.1, 0.15) is 25.3 Å². The summed E-state index contributed by atoms with van der Waals surface area (Å²) < 4.78 is 0. The molecular weight excluding hydrogens is 229 g/mol. The molecule has 15 heavy (non-hydrogen) atoms. The van der Waals surface area contributed by atoms with Gasteiger partial charge >= 0.3 is 0 Å². The molecule has 0 aliphatic heterocycles. The van der Waals surface area contributed by atoms with Crippen LogP contribution in [0.5, 0.6) is 0 Å². The molecule has 0 spiro atoms. The Labute approximate surface area is 102 Å². The van der Waals surface area contributed by atoms with E-state index < -0.39 is 0 Å². The molecular formula is C12H17Cl2N. The van der Waals surface area contributed by atoms with Gasteiger partial charge in [0.15, 0.2) is 0 Å². The van der Waals surface area contributed by atoms with Gasteiger partial charge in [-0.1, -0.05) is 36.2 Å². The van der Waals surface area contributed by atoms with Crippen molar-refractivity contribution in [1.82, 2.24) is 4.90 Å². The van der Waals surface area contributed by atoms with Crippen molar-refractivity contribution in [1.29, 1.82) is 0 Å². The molecule has 0 amide bonds. The van der Waals surface area contributed by atoms with Crippen LogP contribution >= 0.6 is 23.2 Å². The Morgan fingerprint density at radius 3 is 2.13 bits per heavy atom. The third kappa shape index (κ3) is 3.10. The first-order chi connectivity index (χ1) is 6.93. The average Bonchev–Trinajstić information content (AvgIpc) is 2.19. The minimum atomic E-state index is 0.440. The monoisotopic (exact) mass is 245 g/mol. The largest absolute Gasteiger partial charge is 0.306 e. The van der Waals surface area contributed by atoms with E-state index in [1.165, 1.54) is 5.56 Å². The number of nitrogens with zero attached hydrogens (tertiary/aromatic N) is 1. The van der Waals surface area contributed by atoms with E-state index in [1.807, 2.05) is 18.2 Å². The predicted octanol–water partition coefficient (Wildman–Crippen LogP) is 4.05. The molecule has 2 atom stereocenters. The van der Waals surface area contributed by atoms with E-state index >= 15 is 0 Å². The maximum Gasteiger partial charge on any atom is 0.0595 e. The second-order valence-corrected chi connectivity index (χ2v) is 4.98. The molecule has 2 unspecified atom stereocenters. The van der Waals surface area contributed by atoms with Crippen LogP contribution in [0.2, 0.25) is 10.0 Å². The van der Waals surface area contributed by atoms with E-state index in [0.29, 0.717) is 22.0 Å². The van der Waals surface area contributed by atoms with Gasteiger partial charge < -0.3 is 4.90 Å². The molecule has 3 heteroatoms. The Morgan fingerprint density at radius 1 is 1.07 bits per heavy atom. The second-order valence-electron chi connectivity index (χ2n) is 4.17. The molecule has 0 bridgehead atoms. The zero-order valence-corrected chi connectivity index (χ0v) is 11.1. The Morgan fingerprint density at radius 2 is 1.67 bits per heavy atom. The van der Waals surface area contributed by atoms with E-state index in [0.717, 1.165) is 0 Å². The van der Waals surface area contributed by atoms with Crippen LogP contribution in [-0.2, 0) is 0 Å². The van der Waals surface area contributed by atoms with Gasteiger partial charge in [0.1, 0.15) is 0 Å². The van der Waals surface area contributed by atoms with E-state index in [9.17, 15) is 0 Å². The third-order valence-electron chi connectivity index (χ3n) is 3.01. The second kappa shape index (κ2) is 5.20. The lowest BCUT2D eigenvalue weighted by atomic mass is 9.94. The smallest absolute Gasteiger partial charge is 0.0595 e. The fourth-order valence-electron chi connectivity index (χ4n) is 1.52. The first-order valence-electron chi connectivity index (χ1n) is 5.05. The molecule has 1 aromatic carbocycles. The molecule has 1 aromatic rings. The average molecular weight is 246 g/mol. The Balaban J connectivity index is 2.91. The highest BCUT2D eigenvalue weighted by Crippen LogP contribution is 2.28. The van der Waals surface area contributed by atoms with Crippen LogP contribution in [0, 0.1) is 0 Å². The summed E-state index contributed by atoms with van der Waals surface area (Å²) in [5.41, 5.74) is 1.23. The van der Waals surface area contributed by atoms with Gasteiger partial charge in [-0.05, 0) is 44.6 Å². The fourth-order valence-corrected chi connectivity index (χ4v) is 1.83. The summed E-state index contributed by atoms with van der Waals surface area (Å²) in [4.78, 5) is 2.20. The molecule has 0 saturated carbocycles. The lowest BCUT2D eigenvalue weighted by Gasteiger charge is -2.26. The molecule has 1 rings (SSSR count). The molecule has 1 nitrogen and oxygen atoms in total. The first-order valence-corrected chi connectivity index (χ1v) is 5.80. The zero-order chi connectivity index (χ0) is 11.6. The van der Waals surface area contributed by atoms with Crippen molar-refractivity contribution >= 4 is 23.2 Å². The van der Waals surface area contributed by atoms with Crippen LogP contribution in [0.4, 0.5) is 0 Å². The predicted molar refractivity (Wildman–Crippen MR) is 68.0 cm³/mol. The summed E-state index contributed by atoms with van der Waals surface area (Å²) >= 11 is 11.9. The molecule has 0 radical (unpaired) electrons. The van der Waals surface area contributed by atoms with E-state index in [2.05, 4.69) is 32.8 Å². The quantitative estimate of drug-likeness (QED) is 0.777. The molecule has 0 aromatic heterocycles. The maximum absolute atomic E-state index is 6.00. The molecule has 0 aliphatic carbocycles. The van der Waals surface area contributed by atoms with Crippen molar-refractivity contribution in [2.45, 2.75) is 25.8 Å². The third-order valence-corrected chi connectivity index (χ3v) is 3.75. The van der Waals surface area contributed by atoms with Gasteiger partial charge in [-0.25, -0.2) is 0 Å². The van der Waals surface area contributed by atoms with Gasteiger partial charge in [0.05, 0.1) is 10.0 Å². The van der Waals surface area contributed by atoms with Crippen LogP contribution in [0.15, 0.2) is 18.2 Å². The SMILES string of the molecule is CC(c1ccc(Cl)c(Cl)c1)C(C)N(C)C. The highest BCUT2D eigenvalue weighted by atomic mass is 35.5. The summed E-state index contributed by atoms with van der Waals surface area (Å²) in [6.45, 7) is 4.40. The van der Waals surface area contributed by atoms with Crippen LogP contribution < -0.4 is 0 Å². The normalized spacial score (nSPS) is 15.4. The topological polar surface area (TPSA) is 3.24 Å². The summed E-state index contributed by atoms with van der Waals surface area (Å²) in [5, 5.41) is 1.25. The Bertz CT molecular complexity index is 336. The van der Waals surface area contributed by atoms with Crippen LogP contribution in [0.25, 0.3) is 0 Å². The molecule has 0 aliphatic rings. The van der Waals surface area contributed by atoms with Gasteiger partial charge in [-0.2, -0.15) is 0 Å². The lowest BCUT2D eigenvalue weighted by molar-refractivity contribution is 0.280. The summed E-state index contributed by atoms with van der Waals surface area (Å²) in [7, 11) is 4.16. The van der Waals surface area contributed by atoms with Gasteiger partial charge in [0.2, 0.25) is 0 Å². The van der Waals surface area contributed by atoms with Crippen LogP contribution in [0.3, 0.4) is 0 Å². The number of likely N-dealkylation sites (N-methyl/N-ethyl adjacent to an activating group) is 1. The first kappa shape index (κ1) is 12.8. The molecule has 0 heterocycles. The minimum Gasteiger partial charge on any atom is -0.306 e. The highest BCUT2D eigenvalue weighted by Gasteiger charge is 2.16. The van der Waals surface area contributed by atoms with E-state index in [-0.39, 0.29) is 0 Å². The molecule has 84 valence electrons. The number of hydrogen-bond acceptors (Lipinski definition) is 1. The Kier molecular flexibility index (Phi) is 4.45. The standard InChI is InChI=1S/C12H17Cl2N/c1-8(9(2)15(3)4)10-5-6-11(13)12(14)7-10/h5-9H,1-4H3. The van der Waals surface area contributed by atoms with Gasteiger partial charge in [-0.3, -0.25) is 0 Å². The van der Waals surface area contributed by atoms with Crippen molar-refractivity contribution in [3.63, 3.8) is 0 Å². The van der Waals surface area contributed by atoms with Crippen molar-refractivity contribution in [3.05, 3.63) is 33.8 Å². The zero-order valence-electron chi connectivity index (χ0n) is 9.59. The summed E-state index contributed by atoms with van der Waals surface area (Å²) in [5.74, 6) is 0.440. The van der Waals surface area contributed by atoms with E-state index in [4.69, 9.17) is 23.2 Å². The van der Waals surface area contributed by atoms with Gasteiger partial charge in [-0.15, -0.1) is 0 Å². The number of halogens is 2. The highest BCUT2D eigenvalue weighted by molar-refractivity contribution is 6.42. The lowest BCUT2D eigenvalue weighted by Crippen LogP contribution is -2.29. The Hall–Kier alpha value is -0.240. The fraction of sp³-hybridized carbons (Fsp3) is 0.500. The number of rotatable bonds is 3. The van der Waals surface area contributed by atoms with Crippen molar-refractivity contribution in [3.8, 4) is 0 Å². The number of hydrogen-bond donors (Lipinski definition) is 0. The van der Waals surface area contributed by atoms with Crippen molar-refractivity contribution in [2.24, 2.45) is 0 Å². The van der Waals surface area contributed by atoms with Gasteiger partial charge in [0, 0.05) is 6.04 Å². The molecule has 0 N–H and O–H groups in total. The summed E-state index contributed by atoms with van der Waals surface area (Å²) in [6.07, 6.45) is 0. The maximum atomic E-state index is 6.00. The molecule has 0 saturated heterocycles. The molecule has 0 fully saturated rings. The summed E-state index contributed by atoms with van der Waals surface area (Å²) in [6, 6.07) is 6.33. The van der Waals surface area contributed by atoms with Crippen molar-refractivity contribution in [2.75, 3.05) is 14.1 Å².